The Hall–Kier alpha value is -2.95. The van der Waals surface area contributed by atoms with E-state index in [0.717, 1.165) is 6.29 Å². The molecule has 2 amide bonds. The van der Waals surface area contributed by atoms with Crippen LogP contribution < -0.4 is 4.74 Å². The molecule has 2 aromatic rings. The van der Waals surface area contributed by atoms with Crippen molar-refractivity contribution < 1.29 is 19.1 Å². The number of nitrogens with zero attached hydrogens (tertiary/aromatic N) is 1. The summed E-state index contributed by atoms with van der Waals surface area (Å²) in [5, 5.41) is 0. The monoisotopic (exact) mass is 309 g/mol. The van der Waals surface area contributed by atoms with Gasteiger partial charge in [0, 0.05) is 6.54 Å². The first-order valence-corrected chi connectivity index (χ1v) is 7.34. The van der Waals surface area contributed by atoms with Crippen LogP contribution in [0.4, 0.5) is 0 Å². The van der Waals surface area contributed by atoms with Crippen molar-refractivity contribution in [2.24, 2.45) is 0 Å². The molecule has 0 N–H and O–H groups in total. The second-order valence-electron chi connectivity index (χ2n) is 5.17. The largest absolute Gasteiger partial charge is 0.493 e. The molecule has 23 heavy (non-hydrogen) atoms. The molecule has 0 fully saturated rings. The Labute approximate surface area is 133 Å². The van der Waals surface area contributed by atoms with Crippen molar-refractivity contribution in [1.82, 2.24) is 4.90 Å². The number of para-hydroxylation sites is 1. The summed E-state index contributed by atoms with van der Waals surface area (Å²) in [5.74, 6) is -0.0253. The third-order valence-electron chi connectivity index (χ3n) is 3.71. The quantitative estimate of drug-likeness (QED) is 0.467. The third kappa shape index (κ3) is 2.85. The van der Waals surface area contributed by atoms with Gasteiger partial charge < -0.3 is 4.74 Å². The summed E-state index contributed by atoms with van der Waals surface area (Å²) in [4.78, 5) is 36.5. The number of amides is 2. The van der Waals surface area contributed by atoms with Crippen LogP contribution in [0.15, 0.2) is 48.5 Å². The second-order valence-corrected chi connectivity index (χ2v) is 5.17. The predicted molar refractivity (Wildman–Crippen MR) is 83.8 cm³/mol. The summed E-state index contributed by atoms with van der Waals surface area (Å²) < 4.78 is 5.55. The molecule has 5 heteroatoms. The summed E-state index contributed by atoms with van der Waals surface area (Å²) in [6.07, 6.45) is 1.23. The average molecular weight is 309 g/mol. The van der Waals surface area contributed by atoms with Crippen molar-refractivity contribution in [3.05, 3.63) is 65.2 Å². The smallest absolute Gasteiger partial charge is 0.261 e. The van der Waals surface area contributed by atoms with Crippen molar-refractivity contribution in [1.29, 1.82) is 0 Å². The van der Waals surface area contributed by atoms with Crippen molar-refractivity contribution in [3.63, 3.8) is 0 Å². The SMILES string of the molecule is O=Cc1ccccc1OCCCN1C(=O)c2ccccc2C1=O. The highest BCUT2D eigenvalue weighted by Crippen LogP contribution is 2.22. The van der Waals surface area contributed by atoms with Gasteiger partial charge in [0.05, 0.1) is 23.3 Å². The van der Waals surface area contributed by atoms with Crippen LogP contribution in [0.1, 0.15) is 37.5 Å². The molecule has 1 aliphatic rings. The highest BCUT2D eigenvalue weighted by Gasteiger charge is 2.34. The summed E-state index contributed by atoms with van der Waals surface area (Å²) in [6, 6.07) is 13.7. The van der Waals surface area contributed by atoms with Crippen LogP contribution in [0.5, 0.6) is 5.75 Å². The normalized spacial score (nSPS) is 13.1. The van der Waals surface area contributed by atoms with Gasteiger partial charge in [-0.3, -0.25) is 19.3 Å². The molecular formula is C18H15NO4. The highest BCUT2D eigenvalue weighted by atomic mass is 16.5. The Bertz CT molecular complexity index is 734. The zero-order valence-corrected chi connectivity index (χ0v) is 12.4. The van der Waals surface area contributed by atoms with Gasteiger partial charge >= 0.3 is 0 Å². The van der Waals surface area contributed by atoms with Crippen LogP contribution in [-0.2, 0) is 0 Å². The lowest BCUT2D eigenvalue weighted by molar-refractivity contribution is 0.0646. The Morgan fingerprint density at radius 2 is 1.52 bits per heavy atom. The van der Waals surface area contributed by atoms with Gasteiger partial charge in [-0.05, 0) is 30.7 Å². The lowest BCUT2D eigenvalue weighted by Gasteiger charge is -2.14. The van der Waals surface area contributed by atoms with Gasteiger partial charge in [0.2, 0.25) is 0 Å². The molecule has 0 spiro atoms. The number of aldehydes is 1. The number of carbonyl (C=O) groups is 3. The van der Waals surface area contributed by atoms with Gasteiger partial charge in [0.1, 0.15) is 5.75 Å². The minimum absolute atomic E-state index is 0.265. The van der Waals surface area contributed by atoms with E-state index in [0.29, 0.717) is 35.5 Å². The van der Waals surface area contributed by atoms with E-state index in [4.69, 9.17) is 4.74 Å². The predicted octanol–water partition coefficient (Wildman–Crippen LogP) is 2.56. The maximum atomic E-state index is 12.2. The third-order valence-corrected chi connectivity index (χ3v) is 3.71. The number of imide groups is 1. The fourth-order valence-electron chi connectivity index (χ4n) is 2.56. The van der Waals surface area contributed by atoms with Gasteiger partial charge in [-0.2, -0.15) is 0 Å². The maximum Gasteiger partial charge on any atom is 0.261 e. The molecule has 0 radical (unpaired) electrons. The Morgan fingerprint density at radius 3 is 2.17 bits per heavy atom. The van der Waals surface area contributed by atoms with Crippen molar-refractivity contribution in [2.45, 2.75) is 6.42 Å². The van der Waals surface area contributed by atoms with Crippen molar-refractivity contribution in [3.8, 4) is 5.75 Å². The van der Waals surface area contributed by atoms with E-state index in [1.807, 2.05) is 0 Å². The fourth-order valence-corrected chi connectivity index (χ4v) is 2.56. The maximum absolute atomic E-state index is 12.2. The lowest BCUT2D eigenvalue weighted by Crippen LogP contribution is -2.31. The molecule has 5 nitrogen and oxygen atoms in total. The van der Waals surface area contributed by atoms with Crippen LogP contribution in [-0.4, -0.2) is 36.2 Å². The topological polar surface area (TPSA) is 63.7 Å². The van der Waals surface area contributed by atoms with Crippen LogP contribution in [0.2, 0.25) is 0 Å². The first kappa shape index (κ1) is 15.0. The molecule has 2 aromatic carbocycles. The molecule has 0 saturated carbocycles. The van der Waals surface area contributed by atoms with E-state index in [1.54, 1.807) is 48.5 Å². The van der Waals surface area contributed by atoms with E-state index >= 15 is 0 Å². The summed E-state index contributed by atoms with van der Waals surface area (Å²) in [7, 11) is 0. The number of hydrogen-bond acceptors (Lipinski definition) is 4. The lowest BCUT2D eigenvalue weighted by atomic mass is 10.1. The minimum atomic E-state index is -0.265. The van der Waals surface area contributed by atoms with Gasteiger partial charge in [-0.25, -0.2) is 0 Å². The number of benzene rings is 2. The van der Waals surface area contributed by atoms with Crippen molar-refractivity contribution in [2.75, 3.05) is 13.2 Å². The molecule has 0 unspecified atom stereocenters. The molecule has 116 valence electrons. The zero-order chi connectivity index (χ0) is 16.2. The fraction of sp³-hybridized carbons (Fsp3) is 0.167. The number of carbonyl (C=O) groups excluding carboxylic acids is 3. The molecule has 0 aromatic heterocycles. The highest BCUT2D eigenvalue weighted by molar-refractivity contribution is 6.21. The molecule has 0 aliphatic carbocycles. The number of hydrogen-bond donors (Lipinski definition) is 0. The molecule has 1 heterocycles. The average Bonchev–Trinajstić information content (AvgIpc) is 2.84. The Kier molecular flexibility index (Phi) is 4.19. The van der Waals surface area contributed by atoms with Gasteiger partial charge in [0.15, 0.2) is 6.29 Å². The second kappa shape index (κ2) is 6.44. The molecule has 0 saturated heterocycles. The van der Waals surface area contributed by atoms with E-state index in [-0.39, 0.29) is 18.4 Å². The molecule has 0 atom stereocenters. The van der Waals surface area contributed by atoms with Crippen LogP contribution in [0.3, 0.4) is 0 Å². The summed E-state index contributed by atoms with van der Waals surface area (Å²) in [6.45, 7) is 0.605. The molecular weight excluding hydrogens is 294 g/mol. The molecule has 1 aliphatic heterocycles. The van der Waals surface area contributed by atoms with Crippen molar-refractivity contribution >= 4 is 18.1 Å². The van der Waals surface area contributed by atoms with E-state index in [2.05, 4.69) is 0 Å². The van der Waals surface area contributed by atoms with Gasteiger partial charge in [0.25, 0.3) is 11.8 Å². The van der Waals surface area contributed by atoms with Crippen LogP contribution in [0.25, 0.3) is 0 Å². The van der Waals surface area contributed by atoms with Crippen LogP contribution >= 0.6 is 0 Å². The van der Waals surface area contributed by atoms with E-state index in [9.17, 15) is 14.4 Å². The number of fused-ring (bicyclic) bond motifs is 1. The molecule has 0 bridgehead atoms. The molecule has 3 rings (SSSR count). The van der Waals surface area contributed by atoms with E-state index < -0.39 is 0 Å². The van der Waals surface area contributed by atoms with Crippen LogP contribution in [0, 0.1) is 0 Å². The standard InChI is InChI=1S/C18H15NO4/c20-12-13-6-1-4-9-16(13)23-11-5-10-19-17(21)14-7-2-3-8-15(14)18(19)22/h1-4,6-9,12H,5,10-11H2. The van der Waals surface area contributed by atoms with E-state index in [1.165, 1.54) is 4.90 Å². The first-order valence-electron chi connectivity index (χ1n) is 7.34. The summed E-state index contributed by atoms with van der Waals surface area (Å²) >= 11 is 0. The zero-order valence-electron chi connectivity index (χ0n) is 12.4. The van der Waals surface area contributed by atoms with Gasteiger partial charge in [-0.15, -0.1) is 0 Å². The van der Waals surface area contributed by atoms with Gasteiger partial charge in [-0.1, -0.05) is 24.3 Å². The number of rotatable bonds is 6. The summed E-state index contributed by atoms with van der Waals surface area (Å²) in [5.41, 5.74) is 1.38. The number of ether oxygens (including phenoxy) is 1. The Balaban J connectivity index is 1.57. The minimum Gasteiger partial charge on any atom is -0.493 e. The Morgan fingerprint density at radius 1 is 0.913 bits per heavy atom. The first-order chi connectivity index (χ1) is 11.2.